The van der Waals surface area contributed by atoms with Gasteiger partial charge >= 0.3 is 11.9 Å². The first-order valence-electron chi connectivity index (χ1n) is 5.66. The van der Waals surface area contributed by atoms with Crippen LogP contribution in [0, 0.1) is 0 Å². The number of hydrogen-bond donors (Lipinski definition) is 0. The molecule has 5 heteroatoms. The Balaban J connectivity index is 2.01. The van der Waals surface area contributed by atoms with Crippen LogP contribution in [0.25, 0.3) is 0 Å². The van der Waals surface area contributed by atoms with Gasteiger partial charge in [0.25, 0.3) is 0 Å². The monoisotopic (exact) mass is 250 g/mol. The molecule has 1 unspecified atom stereocenters. The van der Waals surface area contributed by atoms with Gasteiger partial charge in [-0.25, -0.2) is 0 Å². The molecule has 1 atom stereocenters. The van der Waals surface area contributed by atoms with Gasteiger partial charge in [0.15, 0.2) is 0 Å². The summed E-state index contributed by atoms with van der Waals surface area (Å²) in [6.45, 7) is 2.94. The van der Waals surface area contributed by atoms with Crippen molar-refractivity contribution in [1.29, 1.82) is 0 Å². The minimum absolute atomic E-state index is 0.170. The number of benzene rings is 1. The average Bonchev–Trinajstić information content (AvgIpc) is 2.67. The van der Waals surface area contributed by atoms with Crippen molar-refractivity contribution >= 4 is 11.9 Å². The predicted molar refractivity (Wildman–Crippen MR) is 62.5 cm³/mol. The summed E-state index contributed by atoms with van der Waals surface area (Å²) in [5.41, 5.74) is 1.02. The lowest BCUT2D eigenvalue weighted by Gasteiger charge is -2.10. The summed E-state index contributed by atoms with van der Waals surface area (Å²) < 4.78 is 15.5. The summed E-state index contributed by atoms with van der Waals surface area (Å²) in [5, 5.41) is 0. The van der Waals surface area contributed by atoms with Crippen LogP contribution >= 0.6 is 0 Å². The second-order valence-corrected chi connectivity index (χ2v) is 4.11. The Morgan fingerprint density at radius 1 is 1.33 bits per heavy atom. The van der Waals surface area contributed by atoms with Crippen molar-refractivity contribution < 1.29 is 23.8 Å². The molecule has 0 N–H and O–H groups in total. The highest BCUT2D eigenvalue weighted by Crippen LogP contribution is 2.32. The van der Waals surface area contributed by atoms with Crippen LogP contribution in [0.15, 0.2) is 18.2 Å². The Morgan fingerprint density at radius 2 is 2.11 bits per heavy atom. The molecule has 5 nitrogen and oxygen atoms in total. The van der Waals surface area contributed by atoms with Gasteiger partial charge in [-0.3, -0.25) is 9.59 Å². The van der Waals surface area contributed by atoms with Crippen molar-refractivity contribution in [3.05, 3.63) is 23.8 Å². The van der Waals surface area contributed by atoms with E-state index in [1.807, 2.05) is 6.07 Å². The van der Waals surface area contributed by atoms with Crippen molar-refractivity contribution in [2.45, 2.75) is 26.4 Å². The van der Waals surface area contributed by atoms with E-state index in [4.69, 9.17) is 14.2 Å². The van der Waals surface area contributed by atoms with Gasteiger partial charge in [-0.15, -0.1) is 0 Å². The first-order chi connectivity index (χ1) is 8.54. The number of carbonyl (C=O) groups excluding carboxylic acids is 2. The highest BCUT2D eigenvalue weighted by atomic mass is 16.6. The number of rotatable bonds is 3. The zero-order valence-electron chi connectivity index (χ0n) is 10.3. The van der Waals surface area contributed by atoms with Gasteiger partial charge in [0, 0.05) is 26.3 Å². The zero-order valence-corrected chi connectivity index (χ0v) is 10.3. The molecule has 0 amide bonds. The number of carbonyl (C=O) groups is 2. The summed E-state index contributed by atoms with van der Waals surface area (Å²) in [6, 6.07) is 5.24. The van der Waals surface area contributed by atoms with Crippen LogP contribution in [0.1, 0.15) is 19.4 Å². The summed E-state index contributed by atoms with van der Waals surface area (Å²) in [6.07, 6.45) is 0.514. The molecule has 1 heterocycles. The third-order valence-corrected chi connectivity index (χ3v) is 2.51. The summed E-state index contributed by atoms with van der Waals surface area (Å²) in [5.74, 6) is 0.430. The van der Waals surface area contributed by atoms with E-state index in [1.54, 1.807) is 12.1 Å². The fourth-order valence-electron chi connectivity index (χ4n) is 1.81. The number of fused-ring (bicyclic) bond motifs is 1. The second kappa shape index (κ2) is 5.08. The van der Waals surface area contributed by atoms with Gasteiger partial charge in [-0.05, 0) is 11.6 Å². The second-order valence-electron chi connectivity index (χ2n) is 4.11. The van der Waals surface area contributed by atoms with E-state index in [0.29, 0.717) is 17.9 Å². The summed E-state index contributed by atoms with van der Waals surface area (Å²) in [4.78, 5) is 21.5. The zero-order chi connectivity index (χ0) is 13.1. The minimum atomic E-state index is -0.371. The lowest BCUT2D eigenvalue weighted by atomic mass is 10.1. The minimum Gasteiger partial charge on any atom is -0.486 e. The molecule has 0 bridgehead atoms. The molecule has 0 aromatic heterocycles. The van der Waals surface area contributed by atoms with Gasteiger partial charge in [0.05, 0.1) is 0 Å². The SMILES string of the molecule is CC(=O)OCC1Cc2ccc(OC(C)=O)cc2O1. The standard InChI is InChI=1S/C13H14O5/c1-8(14)16-7-12-5-10-3-4-11(17-9(2)15)6-13(10)18-12/h3-4,6,12H,5,7H2,1-2H3. The van der Waals surface area contributed by atoms with E-state index in [9.17, 15) is 9.59 Å². The quantitative estimate of drug-likeness (QED) is 0.600. The molecule has 0 aliphatic carbocycles. The molecule has 0 radical (unpaired) electrons. The summed E-state index contributed by atoms with van der Waals surface area (Å²) >= 11 is 0. The molecule has 0 saturated heterocycles. The molecule has 1 aliphatic rings. The van der Waals surface area contributed by atoms with E-state index in [-0.39, 0.29) is 24.6 Å². The van der Waals surface area contributed by atoms with Crippen molar-refractivity contribution in [3.63, 3.8) is 0 Å². The molecular weight excluding hydrogens is 236 g/mol. The van der Waals surface area contributed by atoms with Crippen molar-refractivity contribution in [3.8, 4) is 11.5 Å². The smallest absolute Gasteiger partial charge is 0.308 e. The molecular formula is C13H14O5. The Bertz CT molecular complexity index is 480. The maximum absolute atomic E-state index is 10.8. The third-order valence-electron chi connectivity index (χ3n) is 2.51. The molecule has 0 saturated carbocycles. The number of hydrogen-bond acceptors (Lipinski definition) is 5. The maximum atomic E-state index is 10.8. The first-order valence-corrected chi connectivity index (χ1v) is 5.66. The van der Waals surface area contributed by atoms with Crippen LogP contribution in [0.5, 0.6) is 11.5 Å². The third kappa shape index (κ3) is 3.00. The van der Waals surface area contributed by atoms with Crippen molar-refractivity contribution in [1.82, 2.24) is 0 Å². The summed E-state index contributed by atoms with van der Waals surface area (Å²) in [7, 11) is 0. The maximum Gasteiger partial charge on any atom is 0.308 e. The Labute approximate surface area is 105 Å². The molecule has 2 rings (SSSR count). The molecule has 1 aliphatic heterocycles. The number of esters is 2. The van der Waals surface area contributed by atoms with Crippen LogP contribution in [-0.4, -0.2) is 24.6 Å². The highest BCUT2D eigenvalue weighted by molar-refractivity contribution is 5.69. The lowest BCUT2D eigenvalue weighted by Crippen LogP contribution is -2.21. The van der Waals surface area contributed by atoms with Crippen LogP contribution in [0.4, 0.5) is 0 Å². The molecule has 96 valence electrons. The molecule has 0 spiro atoms. The molecule has 18 heavy (non-hydrogen) atoms. The molecule has 0 fully saturated rings. The normalized spacial score (nSPS) is 16.7. The fraction of sp³-hybridized carbons (Fsp3) is 0.385. The first kappa shape index (κ1) is 12.4. The van der Waals surface area contributed by atoms with E-state index in [1.165, 1.54) is 13.8 Å². The lowest BCUT2D eigenvalue weighted by molar-refractivity contribution is -0.143. The average molecular weight is 250 g/mol. The van der Waals surface area contributed by atoms with Crippen molar-refractivity contribution in [2.24, 2.45) is 0 Å². The van der Waals surface area contributed by atoms with E-state index in [2.05, 4.69) is 0 Å². The van der Waals surface area contributed by atoms with Crippen LogP contribution < -0.4 is 9.47 Å². The van der Waals surface area contributed by atoms with Crippen LogP contribution in [0.3, 0.4) is 0 Å². The largest absolute Gasteiger partial charge is 0.486 e. The van der Waals surface area contributed by atoms with Gasteiger partial charge in [0.1, 0.15) is 24.2 Å². The molecule has 1 aromatic rings. The predicted octanol–water partition coefficient (Wildman–Crippen LogP) is 1.48. The Hall–Kier alpha value is -2.04. The molecule has 1 aromatic carbocycles. The van der Waals surface area contributed by atoms with Gasteiger partial charge in [-0.2, -0.15) is 0 Å². The van der Waals surface area contributed by atoms with E-state index >= 15 is 0 Å². The van der Waals surface area contributed by atoms with Gasteiger partial charge < -0.3 is 14.2 Å². The van der Waals surface area contributed by atoms with Crippen LogP contribution in [-0.2, 0) is 20.7 Å². The topological polar surface area (TPSA) is 61.8 Å². The van der Waals surface area contributed by atoms with Crippen LogP contribution in [0.2, 0.25) is 0 Å². The number of ether oxygens (including phenoxy) is 3. The van der Waals surface area contributed by atoms with Crippen molar-refractivity contribution in [2.75, 3.05) is 6.61 Å². The fourth-order valence-corrected chi connectivity index (χ4v) is 1.81. The Morgan fingerprint density at radius 3 is 2.78 bits per heavy atom. The van der Waals surface area contributed by atoms with E-state index < -0.39 is 0 Å². The highest BCUT2D eigenvalue weighted by Gasteiger charge is 2.24. The van der Waals surface area contributed by atoms with E-state index in [0.717, 1.165) is 5.56 Å². The Kier molecular flexibility index (Phi) is 3.50. The van der Waals surface area contributed by atoms with Gasteiger partial charge in [-0.1, -0.05) is 6.07 Å². The van der Waals surface area contributed by atoms with Gasteiger partial charge in [0.2, 0.25) is 0 Å².